The Hall–Kier alpha value is -2.90. The number of carbonyl (C=O) groups excluding carboxylic acids is 2. The summed E-state index contributed by atoms with van der Waals surface area (Å²) in [6, 6.07) is 16.5. The van der Waals surface area contributed by atoms with Gasteiger partial charge in [-0.1, -0.05) is 41.9 Å². The minimum absolute atomic E-state index is 0.0386. The molecular formula is C22H24ClN5O2. The molecule has 8 heteroatoms. The second kappa shape index (κ2) is 9.28. The summed E-state index contributed by atoms with van der Waals surface area (Å²) in [6.07, 6.45) is 0.0386. The molecule has 0 spiro atoms. The van der Waals surface area contributed by atoms with Crippen LogP contribution in [-0.4, -0.2) is 59.8 Å². The molecule has 7 nitrogen and oxygen atoms in total. The predicted molar refractivity (Wildman–Crippen MR) is 117 cm³/mol. The number of carbonyl (C=O) groups is 2. The van der Waals surface area contributed by atoms with E-state index in [9.17, 15) is 9.59 Å². The fourth-order valence-corrected chi connectivity index (χ4v) is 3.73. The molecular weight excluding hydrogens is 402 g/mol. The number of hydrogen-bond donors (Lipinski definition) is 2. The molecule has 2 N–H and O–H groups in total. The van der Waals surface area contributed by atoms with Gasteiger partial charge in [0.25, 0.3) is 0 Å². The van der Waals surface area contributed by atoms with Crippen molar-refractivity contribution in [3.8, 4) is 0 Å². The first-order valence-electron chi connectivity index (χ1n) is 10.0. The Morgan fingerprint density at radius 1 is 1.07 bits per heavy atom. The van der Waals surface area contributed by atoms with Crippen molar-refractivity contribution < 1.29 is 9.59 Å². The molecule has 0 unspecified atom stereocenters. The third kappa shape index (κ3) is 5.17. The van der Waals surface area contributed by atoms with Crippen molar-refractivity contribution in [1.29, 1.82) is 0 Å². The van der Waals surface area contributed by atoms with Gasteiger partial charge in [-0.25, -0.2) is 4.99 Å². The maximum atomic E-state index is 12.6. The highest BCUT2D eigenvalue weighted by Gasteiger charge is 2.30. The van der Waals surface area contributed by atoms with Gasteiger partial charge in [-0.2, -0.15) is 0 Å². The van der Waals surface area contributed by atoms with Crippen molar-refractivity contribution in [3.63, 3.8) is 0 Å². The maximum Gasteiger partial charge on any atom is 0.249 e. The normalized spacial score (nSPS) is 19.8. The largest absolute Gasteiger partial charge is 0.340 e. The summed E-state index contributed by atoms with van der Waals surface area (Å²) in [7, 11) is 0. The summed E-state index contributed by atoms with van der Waals surface area (Å²) >= 11 is 5.88. The van der Waals surface area contributed by atoms with Gasteiger partial charge >= 0.3 is 0 Å². The Kier molecular flexibility index (Phi) is 6.30. The number of nitrogens with zero attached hydrogens (tertiary/aromatic N) is 3. The molecule has 2 amide bonds. The quantitative estimate of drug-likeness (QED) is 0.788. The van der Waals surface area contributed by atoms with E-state index < -0.39 is 6.04 Å². The first-order valence-corrected chi connectivity index (χ1v) is 10.4. The summed E-state index contributed by atoms with van der Waals surface area (Å²) in [5, 5.41) is 6.23. The van der Waals surface area contributed by atoms with Crippen LogP contribution in [0.1, 0.15) is 12.0 Å². The zero-order valence-electron chi connectivity index (χ0n) is 16.6. The van der Waals surface area contributed by atoms with Crippen LogP contribution in [0.5, 0.6) is 0 Å². The van der Waals surface area contributed by atoms with E-state index in [1.165, 1.54) is 5.56 Å². The Morgan fingerprint density at radius 3 is 2.47 bits per heavy atom. The van der Waals surface area contributed by atoms with Crippen LogP contribution in [0.3, 0.4) is 0 Å². The van der Waals surface area contributed by atoms with E-state index in [0.717, 1.165) is 32.7 Å². The van der Waals surface area contributed by atoms with E-state index in [0.29, 0.717) is 16.7 Å². The summed E-state index contributed by atoms with van der Waals surface area (Å²) in [4.78, 5) is 33.8. The molecule has 2 heterocycles. The van der Waals surface area contributed by atoms with Gasteiger partial charge in [-0.05, 0) is 29.8 Å². The molecule has 30 heavy (non-hydrogen) atoms. The summed E-state index contributed by atoms with van der Waals surface area (Å²) in [5.41, 5.74) is 1.91. The van der Waals surface area contributed by atoms with Gasteiger partial charge in [-0.15, -0.1) is 0 Å². The lowest BCUT2D eigenvalue weighted by molar-refractivity contribution is -0.125. The fraction of sp³-hybridized carbons (Fsp3) is 0.318. The van der Waals surface area contributed by atoms with Gasteiger partial charge < -0.3 is 10.2 Å². The Bertz CT molecular complexity index is 924. The van der Waals surface area contributed by atoms with Crippen molar-refractivity contribution in [2.24, 2.45) is 4.99 Å². The number of anilines is 1. The minimum Gasteiger partial charge on any atom is -0.340 e. The van der Waals surface area contributed by atoms with Crippen LogP contribution in [0.15, 0.2) is 59.6 Å². The van der Waals surface area contributed by atoms with E-state index in [1.54, 1.807) is 24.3 Å². The fourth-order valence-electron chi connectivity index (χ4n) is 3.61. The third-order valence-corrected chi connectivity index (χ3v) is 5.50. The summed E-state index contributed by atoms with van der Waals surface area (Å²) < 4.78 is 0. The molecule has 1 saturated heterocycles. The van der Waals surface area contributed by atoms with Gasteiger partial charge in [0.15, 0.2) is 0 Å². The number of piperazine rings is 1. The van der Waals surface area contributed by atoms with E-state index >= 15 is 0 Å². The standard InChI is InChI=1S/C22H24ClN5O2/c23-17-6-8-18(9-7-17)24-21(30)19-14-20(29)26-22(25-19)28-12-10-27(11-13-28)15-16-4-2-1-3-5-16/h1-9,19H,10-15H2,(H,24,30)(H,25,26,29)/t19-/m0/s1. The number of guanidine groups is 1. The number of hydrogen-bond acceptors (Lipinski definition) is 5. The smallest absolute Gasteiger partial charge is 0.249 e. The summed E-state index contributed by atoms with van der Waals surface area (Å²) in [5.74, 6) is -0.00257. The van der Waals surface area contributed by atoms with Gasteiger partial charge in [0.2, 0.25) is 17.8 Å². The topological polar surface area (TPSA) is 77.0 Å². The number of halogens is 1. The average Bonchev–Trinajstić information content (AvgIpc) is 2.76. The number of amides is 2. The molecule has 0 bridgehead atoms. The van der Waals surface area contributed by atoms with Crippen molar-refractivity contribution in [1.82, 2.24) is 15.1 Å². The third-order valence-electron chi connectivity index (χ3n) is 5.24. The van der Waals surface area contributed by atoms with Crippen LogP contribution in [0.25, 0.3) is 0 Å². The highest BCUT2D eigenvalue weighted by atomic mass is 35.5. The maximum absolute atomic E-state index is 12.6. The molecule has 2 aromatic carbocycles. The van der Waals surface area contributed by atoms with Gasteiger partial charge in [0.05, 0.1) is 6.42 Å². The number of nitrogens with one attached hydrogen (secondary N) is 2. The first-order chi connectivity index (χ1) is 14.6. The van der Waals surface area contributed by atoms with Gasteiger partial charge in [-0.3, -0.25) is 19.8 Å². The monoisotopic (exact) mass is 425 g/mol. The SMILES string of the molecule is O=C1C[C@@H](C(=O)Nc2ccc(Cl)cc2)N=C(N2CCN(Cc3ccccc3)CC2)N1. The van der Waals surface area contributed by atoms with Crippen LogP contribution < -0.4 is 10.6 Å². The Morgan fingerprint density at radius 2 is 1.77 bits per heavy atom. The molecule has 0 saturated carbocycles. The zero-order chi connectivity index (χ0) is 20.9. The second-order valence-corrected chi connectivity index (χ2v) is 7.90. The van der Waals surface area contributed by atoms with Crippen LogP contribution in [-0.2, 0) is 16.1 Å². The van der Waals surface area contributed by atoms with Crippen molar-refractivity contribution >= 4 is 35.1 Å². The van der Waals surface area contributed by atoms with Crippen LogP contribution in [0, 0.1) is 0 Å². The van der Waals surface area contributed by atoms with Crippen molar-refractivity contribution in [2.75, 3.05) is 31.5 Å². The zero-order valence-corrected chi connectivity index (χ0v) is 17.3. The van der Waals surface area contributed by atoms with E-state index in [4.69, 9.17) is 11.6 Å². The lowest BCUT2D eigenvalue weighted by Crippen LogP contribution is -2.56. The molecule has 4 rings (SSSR count). The lowest BCUT2D eigenvalue weighted by Gasteiger charge is -2.37. The number of rotatable bonds is 4. The van der Waals surface area contributed by atoms with E-state index in [-0.39, 0.29) is 18.2 Å². The van der Waals surface area contributed by atoms with E-state index in [2.05, 4.69) is 32.7 Å². The number of aliphatic imine (C=N–C) groups is 1. The molecule has 2 aromatic rings. The molecule has 0 radical (unpaired) electrons. The van der Waals surface area contributed by atoms with Crippen LogP contribution in [0.2, 0.25) is 5.02 Å². The first kappa shape index (κ1) is 20.4. The van der Waals surface area contributed by atoms with Crippen LogP contribution >= 0.6 is 11.6 Å². The minimum atomic E-state index is -0.744. The van der Waals surface area contributed by atoms with Crippen molar-refractivity contribution in [3.05, 3.63) is 65.2 Å². The highest BCUT2D eigenvalue weighted by molar-refractivity contribution is 6.30. The lowest BCUT2D eigenvalue weighted by atomic mass is 10.1. The van der Waals surface area contributed by atoms with Crippen molar-refractivity contribution in [2.45, 2.75) is 19.0 Å². The Balaban J connectivity index is 1.36. The molecule has 1 fully saturated rings. The van der Waals surface area contributed by atoms with Gasteiger partial charge in [0.1, 0.15) is 6.04 Å². The molecule has 156 valence electrons. The molecule has 0 aromatic heterocycles. The van der Waals surface area contributed by atoms with Crippen LogP contribution in [0.4, 0.5) is 5.69 Å². The average molecular weight is 426 g/mol. The van der Waals surface area contributed by atoms with Gasteiger partial charge in [0, 0.05) is 43.4 Å². The van der Waals surface area contributed by atoms with E-state index in [1.807, 2.05) is 23.1 Å². The molecule has 1 atom stereocenters. The number of benzene rings is 2. The second-order valence-electron chi connectivity index (χ2n) is 7.47. The molecule has 2 aliphatic heterocycles. The summed E-state index contributed by atoms with van der Waals surface area (Å²) in [6.45, 7) is 4.13. The molecule has 2 aliphatic rings. The Labute approximate surface area is 180 Å². The highest BCUT2D eigenvalue weighted by Crippen LogP contribution is 2.16. The predicted octanol–water partition coefficient (Wildman–Crippen LogP) is 2.34. The molecule has 0 aliphatic carbocycles.